The van der Waals surface area contributed by atoms with E-state index in [4.69, 9.17) is 0 Å². The van der Waals surface area contributed by atoms with Crippen LogP contribution in [0.5, 0.6) is 0 Å². The monoisotopic (exact) mass is 226 g/mol. The van der Waals surface area contributed by atoms with Crippen LogP contribution in [-0.4, -0.2) is 58.1 Å². The number of rotatable bonds is 5. The highest BCUT2D eigenvalue weighted by Crippen LogP contribution is 2.03. The summed E-state index contributed by atoms with van der Waals surface area (Å²) >= 11 is 0. The molecule has 0 fully saturated rings. The fourth-order valence-electron chi connectivity index (χ4n) is 1.31. The summed E-state index contributed by atoms with van der Waals surface area (Å²) in [6.07, 6.45) is 0. The van der Waals surface area contributed by atoms with Crippen molar-refractivity contribution in [1.29, 1.82) is 0 Å². The van der Waals surface area contributed by atoms with E-state index in [1.807, 2.05) is 19.0 Å². The summed E-state index contributed by atoms with van der Waals surface area (Å²) in [5.41, 5.74) is 0. The number of carbonyl (C=O) groups excluding carboxylic acids is 1. The minimum Gasteiger partial charge on any atom is -0.345 e. The lowest BCUT2D eigenvalue weighted by molar-refractivity contribution is 0.0906. The lowest BCUT2D eigenvalue weighted by Crippen LogP contribution is -2.45. The van der Waals surface area contributed by atoms with E-state index in [1.165, 1.54) is 0 Å². The number of nitrogens with one attached hydrogen (secondary N) is 2. The summed E-state index contributed by atoms with van der Waals surface area (Å²) < 4.78 is 0. The Morgan fingerprint density at radius 2 is 2.19 bits per heavy atom. The molecular weight excluding hydrogens is 208 g/mol. The van der Waals surface area contributed by atoms with Crippen LogP contribution in [0.25, 0.3) is 0 Å². The van der Waals surface area contributed by atoms with Gasteiger partial charge in [0.1, 0.15) is 0 Å². The highest BCUT2D eigenvalue weighted by atomic mass is 16.2. The molecule has 1 rings (SSSR count). The molecule has 0 aliphatic rings. The van der Waals surface area contributed by atoms with E-state index in [9.17, 15) is 4.79 Å². The van der Waals surface area contributed by atoms with Crippen molar-refractivity contribution < 1.29 is 4.79 Å². The van der Waals surface area contributed by atoms with Gasteiger partial charge in [0.15, 0.2) is 0 Å². The average molecular weight is 226 g/mol. The van der Waals surface area contributed by atoms with E-state index < -0.39 is 0 Å². The van der Waals surface area contributed by atoms with Crippen LogP contribution >= 0.6 is 0 Å². The van der Waals surface area contributed by atoms with Crippen LogP contribution in [0.2, 0.25) is 0 Å². The van der Waals surface area contributed by atoms with E-state index >= 15 is 0 Å². The molecule has 0 bridgehead atoms. The summed E-state index contributed by atoms with van der Waals surface area (Å²) in [6, 6.07) is 0.0704. The smallest absolute Gasteiger partial charge is 0.293 e. The second-order valence-electron chi connectivity index (χ2n) is 4.32. The number of amides is 1. The lowest BCUT2D eigenvalue weighted by atomic mass is 10.0. The van der Waals surface area contributed by atoms with Crippen LogP contribution in [0.1, 0.15) is 24.5 Å². The first-order chi connectivity index (χ1) is 7.50. The van der Waals surface area contributed by atoms with Gasteiger partial charge in [0, 0.05) is 12.6 Å². The molecule has 1 unspecified atom stereocenters. The second kappa shape index (κ2) is 5.55. The first-order valence-electron chi connectivity index (χ1n) is 5.19. The van der Waals surface area contributed by atoms with Crippen molar-refractivity contribution in [2.45, 2.75) is 19.9 Å². The third kappa shape index (κ3) is 3.58. The molecule has 16 heavy (non-hydrogen) atoms. The molecular formula is C9H18N6O. The minimum atomic E-state index is -0.297. The van der Waals surface area contributed by atoms with Gasteiger partial charge in [-0.3, -0.25) is 4.79 Å². The molecule has 0 aromatic carbocycles. The lowest BCUT2D eigenvalue weighted by Gasteiger charge is -2.24. The second-order valence-corrected chi connectivity index (χ2v) is 4.32. The van der Waals surface area contributed by atoms with Gasteiger partial charge < -0.3 is 10.2 Å². The number of nitrogens with zero attached hydrogens (tertiary/aromatic N) is 4. The summed E-state index contributed by atoms with van der Waals surface area (Å²) in [6.45, 7) is 4.90. The highest BCUT2D eigenvalue weighted by Gasteiger charge is 2.19. The van der Waals surface area contributed by atoms with Gasteiger partial charge in [0.25, 0.3) is 11.7 Å². The predicted octanol–water partition coefficient (Wildman–Crippen LogP) is -0.484. The Morgan fingerprint density at radius 3 is 2.62 bits per heavy atom. The number of carbonyl (C=O) groups is 1. The average Bonchev–Trinajstić information content (AvgIpc) is 2.68. The predicted molar refractivity (Wildman–Crippen MR) is 58.8 cm³/mol. The molecule has 2 N–H and O–H groups in total. The summed E-state index contributed by atoms with van der Waals surface area (Å²) in [7, 11) is 3.94. The first kappa shape index (κ1) is 12.6. The largest absolute Gasteiger partial charge is 0.345 e. The van der Waals surface area contributed by atoms with Crippen molar-refractivity contribution in [1.82, 2.24) is 30.8 Å². The Morgan fingerprint density at radius 1 is 1.50 bits per heavy atom. The highest BCUT2D eigenvalue weighted by molar-refractivity contribution is 5.90. The molecule has 1 aromatic rings. The Labute approximate surface area is 94.6 Å². The third-order valence-corrected chi connectivity index (χ3v) is 2.23. The number of aromatic nitrogens is 4. The SMILES string of the molecule is CC(C)C(CN(C)C)NC(=O)c1nn[nH]n1. The molecule has 1 heterocycles. The van der Waals surface area contributed by atoms with E-state index in [-0.39, 0.29) is 17.8 Å². The van der Waals surface area contributed by atoms with Crippen molar-refractivity contribution in [3.05, 3.63) is 5.82 Å². The maximum atomic E-state index is 11.7. The Balaban J connectivity index is 2.58. The molecule has 90 valence electrons. The summed E-state index contributed by atoms with van der Waals surface area (Å²) in [5, 5.41) is 15.8. The maximum absolute atomic E-state index is 11.7. The zero-order valence-electron chi connectivity index (χ0n) is 10.1. The van der Waals surface area contributed by atoms with Gasteiger partial charge in [0.2, 0.25) is 0 Å². The molecule has 0 aliphatic heterocycles. The van der Waals surface area contributed by atoms with Crippen molar-refractivity contribution in [2.24, 2.45) is 5.92 Å². The molecule has 1 atom stereocenters. The molecule has 0 saturated heterocycles. The summed E-state index contributed by atoms with van der Waals surface area (Å²) in [5.74, 6) is 0.122. The molecule has 0 spiro atoms. The number of likely N-dealkylation sites (N-methyl/N-ethyl adjacent to an activating group) is 1. The van der Waals surface area contributed by atoms with Crippen LogP contribution < -0.4 is 5.32 Å². The van der Waals surface area contributed by atoms with Gasteiger partial charge in [-0.25, -0.2) is 0 Å². The van der Waals surface area contributed by atoms with Crippen molar-refractivity contribution in [2.75, 3.05) is 20.6 Å². The number of hydrogen-bond donors (Lipinski definition) is 2. The fourth-order valence-corrected chi connectivity index (χ4v) is 1.31. The molecule has 7 nitrogen and oxygen atoms in total. The van der Waals surface area contributed by atoms with Crippen molar-refractivity contribution in [3.63, 3.8) is 0 Å². The van der Waals surface area contributed by atoms with E-state index in [0.717, 1.165) is 6.54 Å². The zero-order chi connectivity index (χ0) is 12.1. The third-order valence-electron chi connectivity index (χ3n) is 2.23. The topological polar surface area (TPSA) is 86.8 Å². The van der Waals surface area contributed by atoms with Crippen LogP contribution in [0.15, 0.2) is 0 Å². The molecule has 0 saturated carbocycles. The number of tetrazole rings is 1. The Kier molecular flexibility index (Phi) is 4.36. The standard InChI is InChI=1S/C9H18N6O/c1-6(2)7(5-15(3)4)10-9(16)8-11-13-14-12-8/h6-7H,5H2,1-4H3,(H,10,16)(H,11,12,13,14). The fraction of sp³-hybridized carbons (Fsp3) is 0.778. The van der Waals surface area contributed by atoms with Crippen LogP contribution in [0.4, 0.5) is 0 Å². The van der Waals surface area contributed by atoms with Gasteiger partial charge >= 0.3 is 0 Å². The van der Waals surface area contributed by atoms with Gasteiger partial charge in [-0.05, 0) is 25.2 Å². The number of aromatic amines is 1. The van der Waals surface area contributed by atoms with Crippen LogP contribution in [0.3, 0.4) is 0 Å². The molecule has 0 radical (unpaired) electrons. The Bertz CT molecular complexity index is 321. The van der Waals surface area contributed by atoms with Crippen molar-refractivity contribution in [3.8, 4) is 0 Å². The molecule has 0 aliphatic carbocycles. The van der Waals surface area contributed by atoms with Crippen LogP contribution in [-0.2, 0) is 0 Å². The molecule has 1 amide bonds. The minimum absolute atomic E-state index is 0.0704. The van der Waals surface area contributed by atoms with Gasteiger partial charge in [-0.1, -0.05) is 13.8 Å². The normalized spacial score (nSPS) is 13.1. The van der Waals surface area contributed by atoms with E-state index in [0.29, 0.717) is 5.92 Å². The van der Waals surface area contributed by atoms with Crippen LogP contribution in [0, 0.1) is 5.92 Å². The van der Waals surface area contributed by atoms with Crippen molar-refractivity contribution >= 4 is 5.91 Å². The van der Waals surface area contributed by atoms with E-state index in [1.54, 1.807) is 0 Å². The quantitative estimate of drug-likeness (QED) is 0.708. The van der Waals surface area contributed by atoms with Gasteiger partial charge in [0.05, 0.1) is 0 Å². The van der Waals surface area contributed by atoms with E-state index in [2.05, 4.69) is 39.8 Å². The van der Waals surface area contributed by atoms with Gasteiger partial charge in [-0.2, -0.15) is 5.21 Å². The first-order valence-corrected chi connectivity index (χ1v) is 5.19. The molecule has 1 aromatic heterocycles. The zero-order valence-corrected chi connectivity index (χ0v) is 10.1. The number of H-pyrrole nitrogens is 1. The number of hydrogen-bond acceptors (Lipinski definition) is 5. The molecule has 7 heteroatoms. The maximum Gasteiger partial charge on any atom is 0.293 e. The summed E-state index contributed by atoms with van der Waals surface area (Å²) in [4.78, 5) is 13.7. The van der Waals surface area contributed by atoms with Gasteiger partial charge in [-0.15, -0.1) is 10.2 Å². The Hall–Kier alpha value is -1.50.